The second-order valence-electron chi connectivity index (χ2n) is 4.87. The Labute approximate surface area is 123 Å². The third kappa shape index (κ3) is 3.41. The van der Waals surface area contributed by atoms with Gasteiger partial charge in [-0.15, -0.1) is 0 Å². The maximum atomic E-state index is 11.8. The largest absolute Gasteiger partial charge is 0.489 e. The SMILES string of the molecule is O=C1COCCN1c1cccc(OCc2ccccc2)c1. The number of hydrogen-bond donors (Lipinski definition) is 0. The lowest BCUT2D eigenvalue weighted by Gasteiger charge is -2.27. The molecule has 1 aliphatic rings. The Balaban J connectivity index is 1.69. The van der Waals surface area contributed by atoms with E-state index in [1.165, 1.54) is 0 Å². The van der Waals surface area contributed by atoms with E-state index in [-0.39, 0.29) is 12.5 Å². The Hall–Kier alpha value is -2.33. The summed E-state index contributed by atoms with van der Waals surface area (Å²) in [7, 11) is 0. The molecule has 1 saturated heterocycles. The third-order valence-electron chi connectivity index (χ3n) is 3.36. The fourth-order valence-electron chi connectivity index (χ4n) is 2.27. The van der Waals surface area contributed by atoms with Gasteiger partial charge in [0.25, 0.3) is 5.91 Å². The summed E-state index contributed by atoms with van der Waals surface area (Å²) < 4.78 is 10.9. The average Bonchev–Trinajstić information content (AvgIpc) is 2.55. The number of hydrogen-bond acceptors (Lipinski definition) is 3. The molecule has 4 heteroatoms. The lowest BCUT2D eigenvalue weighted by Crippen LogP contribution is -2.41. The third-order valence-corrected chi connectivity index (χ3v) is 3.36. The van der Waals surface area contributed by atoms with Crippen molar-refractivity contribution in [3.05, 3.63) is 60.2 Å². The first-order valence-corrected chi connectivity index (χ1v) is 6.98. The molecule has 108 valence electrons. The van der Waals surface area contributed by atoms with Gasteiger partial charge in [0.05, 0.1) is 6.61 Å². The normalized spacial score (nSPS) is 15.0. The van der Waals surface area contributed by atoms with Crippen LogP contribution >= 0.6 is 0 Å². The van der Waals surface area contributed by atoms with Gasteiger partial charge >= 0.3 is 0 Å². The molecular weight excluding hydrogens is 266 g/mol. The molecule has 0 unspecified atom stereocenters. The Bertz CT molecular complexity index is 612. The summed E-state index contributed by atoms with van der Waals surface area (Å²) in [6.45, 7) is 1.82. The van der Waals surface area contributed by atoms with E-state index in [2.05, 4.69) is 0 Å². The molecule has 0 N–H and O–H groups in total. The van der Waals surface area contributed by atoms with Crippen molar-refractivity contribution in [2.24, 2.45) is 0 Å². The fourth-order valence-corrected chi connectivity index (χ4v) is 2.27. The highest BCUT2D eigenvalue weighted by Crippen LogP contribution is 2.23. The molecule has 0 aromatic heterocycles. The standard InChI is InChI=1S/C17H17NO3/c19-17-13-20-10-9-18(17)15-7-4-8-16(11-15)21-12-14-5-2-1-3-6-14/h1-8,11H,9-10,12-13H2. The molecular formula is C17H17NO3. The van der Waals surface area contributed by atoms with E-state index in [9.17, 15) is 4.79 Å². The van der Waals surface area contributed by atoms with E-state index in [1.54, 1.807) is 4.90 Å². The van der Waals surface area contributed by atoms with E-state index in [1.807, 2.05) is 54.6 Å². The number of ether oxygens (including phenoxy) is 2. The minimum absolute atomic E-state index is 0.0125. The molecule has 2 aromatic rings. The highest BCUT2D eigenvalue weighted by atomic mass is 16.5. The second kappa shape index (κ2) is 6.41. The average molecular weight is 283 g/mol. The van der Waals surface area contributed by atoms with Gasteiger partial charge in [-0.1, -0.05) is 36.4 Å². The van der Waals surface area contributed by atoms with Crippen molar-refractivity contribution >= 4 is 11.6 Å². The molecule has 3 rings (SSSR count). The molecule has 1 heterocycles. The number of carbonyl (C=O) groups excluding carboxylic acids is 1. The Kier molecular flexibility index (Phi) is 4.17. The van der Waals surface area contributed by atoms with Crippen LogP contribution in [-0.2, 0) is 16.1 Å². The van der Waals surface area contributed by atoms with E-state index in [4.69, 9.17) is 9.47 Å². The van der Waals surface area contributed by atoms with Gasteiger partial charge in [0.15, 0.2) is 0 Å². The van der Waals surface area contributed by atoms with E-state index >= 15 is 0 Å². The monoisotopic (exact) mass is 283 g/mol. The quantitative estimate of drug-likeness (QED) is 0.866. The van der Waals surface area contributed by atoms with Crippen molar-refractivity contribution in [3.8, 4) is 5.75 Å². The first-order valence-electron chi connectivity index (χ1n) is 6.98. The molecule has 0 saturated carbocycles. The van der Waals surface area contributed by atoms with Crippen molar-refractivity contribution in [2.45, 2.75) is 6.61 Å². The maximum absolute atomic E-state index is 11.8. The molecule has 4 nitrogen and oxygen atoms in total. The molecule has 0 bridgehead atoms. The van der Waals surface area contributed by atoms with Gasteiger partial charge in [0.1, 0.15) is 19.0 Å². The van der Waals surface area contributed by atoms with Gasteiger partial charge in [-0.2, -0.15) is 0 Å². The lowest BCUT2D eigenvalue weighted by atomic mass is 10.2. The van der Waals surface area contributed by atoms with Crippen LogP contribution in [0.15, 0.2) is 54.6 Å². The van der Waals surface area contributed by atoms with Crippen LogP contribution in [0.1, 0.15) is 5.56 Å². The topological polar surface area (TPSA) is 38.8 Å². The van der Waals surface area contributed by atoms with Crippen molar-refractivity contribution in [1.29, 1.82) is 0 Å². The highest BCUT2D eigenvalue weighted by Gasteiger charge is 2.20. The number of carbonyl (C=O) groups is 1. The summed E-state index contributed by atoms with van der Waals surface area (Å²) >= 11 is 0. The van der Waals surface area contributed by atoms with Gasteiger partial charge < -0.3 is 14.4 Å². The van der Waals surface area contributed by atoms with E-state index < -0.39 is 0 Å². The van der Waals surface area contributed by atoms with Crippen molar-refractivity contribution in [3.63, 3.8) is 0 Å². The Morgan fingerprint density at radius 1 is 1.10 bits per heavy atom. The Morgan fingerprint density at radius 3 is 2.76 bits per heavy atom. The molecule has 2 aromatic carbocycles. The summed E-state index contributed by atoms with van der Waals surface area (Å²) in [5.74, 6) is 0.747. The number of amides is 1. The maximum Gasteiger partial charge on any atom is 0.253 e. The molecule has 0 aliphatic carbocycles. The summed E-state index contributed by atoms with van der Waals surface area (Å²) in [5, 5.41) is 0. The fraction of sp³-hybridized carbons (Fsp3) is 0.235. The zero-order valence-corrected chi connectivity index (χ0v) is 11.7. The van der Waals surface area contributed by atoms with Crippen LogP contribution in [-0.4, -0.2) is 25.7 Å². The van der Waals surface area contributed by atoms with Crippen LogP contribution in [0.3, 0.4) is 0 Å². The predicted octanol–water partition coefficient (Wildman–Crippen LogP) is 2.63. The number of benzene rings is 2. The minimum atomic E-state index is -0.0125. The summed E-state index contributed by atoms with van der Waals surface area (Å²) in [6, 6.07) is 17.6. The molecule has 1 fully saturated rings. The highest BCUT2D eigenvalue weighted by molar-refractivity contribution is 5.95. The van der Waals surface area contributed by atoms with Crippen molar-refractivity contribution in [1.82, 2.24) is 0 Å². The van der Waals surface area contributed by atoms with Gasteiger partial charge in [-0.25, -0.2) is 0 Å². The predicted molar refractivity (Wildman–Crippen MR) is 80.4 cm³/mol. The summed E-state index contributed by atoms with van der Waals surface area (Å²) in [6.07, 6.45) is 0. The van der Waals surface area contributed by atoms with Gasteiger partial charge in [0, 0.05) is 18.3 Å². The van der Waals surface area contributed by atoms with Crippen LogP contribution < -0.4 is 9.64 Å². The number of nitrogens with zero attached hydrogens (tertiary/aromatic N) is 1. The lowest BCUT2D eigenvalue weighted by molar-refractivity contribution is -0.125. The first-order chi connectivity index (χ1) is 10.3. The van der Waals surface area contributed by atoms with E-state index in [0.29, 0.717) is 19.8 Å². The minimum Gasteiger partial charge on any atom is -0.489 e. The van der Waals surface area contributed by atoms with Crippen molar-refractivity contribution in [2.75, 3.05) is 24.7 Å². The molecule has 0 atom stereocenters. The van der Waals surface area contributed by atoms with Gasteiger partial charge in [-0.3, -0.25) is 4.79 Å². The van der Waals surface area contributed by atoms with Crippen molar-refractivity contribution < 1.29 is 14.3 Å². The molecule has 0 radical (unpaired) electrons. The Morgan fingerprint density at radius 2 is 1.95 bits per heavy atom. The van der Waals surface area contributed by atoms with Crippen LogP contribution in [0.25, 0.3) is 0 Å². The van der Waals surface area contributed by atoms with Crippen LogP contribution in [0, 0.1) is 0 Å². The zero-order valence-electron chi connectivity index (χ0n) is 11.7. The summed E-state index contributed by atoms with van der Waals surface area (Å²) in [4.78, 5) is 13.6. The number of anilines is 1. The number of rotatable bonds is 4. The molecule has 1 amide bonds. The smallest absolute Gasteiger partial charge is 0.253 e. The van der Waals surface area contributed by atoms with Gasteiger partial charge in [-0.05, 0) is 17.7 Å². The second-order valence-corrected chi connectivity index (χ2v) is 4.87. The van der Waals surface area contributed by atoms with Crippen LogP contribution in [0.4, 0.5) is 5.69 Å². The zero-order chi connectivity index (χ0) is 14.5. The van der Waals surface area contributed by atoms with Crippen LogP contribution in [0.5, 0.6) is 5.75 Å². The van der Waals surface area contributed by atoms with Crippen LogP contribution in [0.2, 0.25) is 0 Å². The number of morpholine rings is 1. The first kappa shape index (κ1) is 13.6. The van der Waals surface area contributed by atoms with E-state index in [0.717, 1.165) is 17.0 Å². The molecule has 0 spiro atoms. The summed E-state index contributed by atoms with van der Waals surface area (Å²) in [5.41, 5.74) is 1.97. The van der Waals surface area contributed by atoms with Gasteiger partial charge in [0.2, 0.25) is 0 Å². The molecule has 1 aliphatic heterocycles. The molecule has 21 heavy (non-hydrogen) atoms.